The summed E-state index contributed by atoms with van der Waals surface area (Å²) in [5, 5.41) is 1.49. The van der Waals surface area contributed by atoms with Gasteiger partial charge < -0.3 is 4.98 Å². The van der Waals surface area contributed by atoms with Crippen molar-refractivity contribution in [3.63, 3.8) is 0 Å². The van der Waals surface area contributed by atoms with E-state index in [-0.39, 0.29) is 11.6 Å². The minimum atomic E-state index is -0.145. The molecule has 0 aliphatic heterocycles. The van der Waals surface area contributed by atoms with Gasteiger partial charge in [-0.15, -0.1) is 0 Å². The number of rotatable bonds is 1. The first-order valence-electron chi connectivity index (χ1n) is 6.82. The summed E-state index contributed by atoms with van der Waals surface area (Å²) in [5.41, 5.74) is 2.88. The highest BCUT2D eigenvalue weighted by atomic mass is 35.5. The zero-order valence-corrected chi connectivity index (χ0v) is 12.1. The van der Waals surface area contributed by atoms with Crippen molar-refractivity contribution in [1.82, 2.24) is 4.98 Å². The highest BCUT2D eigenvalue weighted by Crippen LogP contribution is 2.32. The van der Waals surface area contributed by atoms with Crippen molar-refractivity contribution in [2.45, 2.75) is 0 Å². The third-order valence-electron chi connectivity index (χ3n) is 3.89. The summed E-state index contributed by atoms with van der Waals surface area (Å²) in [6.07, 6.45) is 3.16. The Balaban J connectivity index is 1.93. The lowest BCUT2D eigenvalue weighted by Gasteiger charge is -2.14. The number of halogens is 1. The van der Waals surface area contributed by atoms with Gasteiger partial charge in [0, 0.05) is 44.4 Å². The number of H-pyrrole nitrogens is 1. The van der Waals surface area contributed by atoms with E-state index in [9.17, 15) is 9.59 Å². The van der Waals surface area contributed by atoms with Crippen LogP contribution in [-0.2, 0) is 0 Å². The van der Waals surface area contributed by atoms with Crippen LogP contribution in [0, 0.1) is 0 Å². The first kappa shape index (κ1) is 13.0. The summed E-state index contributed by atoms with van der Waals surface area (Å²) in [6, 6.07) is 12.3. The first-order valence-corrected chi connectivity index (χ1v) is 7.20. The molecule has 2 aromatic carbocycles. The fraction of sp³-hybridized carbons (Fsp3) is 0. The molecule has 1 aliphatic carbocycles. The molecule has 4 heteroatoms. The van der Waals surface area contributed by atoms with Crippen LogP contribution in [0.25, 0.3) is 16.5 Å². The first-order chi connectivity index (χ1) is 10.6. The van der Waals surface area contributed by atoms with Gasteiger partial charge in [0.2, 0.25) is 0 Å². The molecule has 0 fully saturated rings. The van der Waals surface area contributed by atoms with Crippen LogP contribution in [-0.4, -0.2) is 16.6 Å². The normalized spacial score (nSPS) is 14.1. The molecule has 0 radical (unpaired) electrons. The average molecular weight is 308 g/mol. The van der Waals surface area contributed by atoms with Gasteiger partial charge in [-0.3, -0.25) is 9.59 Å². The molecule has 106 valence electrons. The van der Waals surface area contributed by atoms with Gasteiger partial charge in [-0.05, 0) is 18.2 Å². The topological polar surface area (TPSA) is 49.9 Å². The molecule has 0 bridgehead atoms. The molecule has 0 saturated carbocycles. The van der Waals surface area contributed by atoms with E-state index in [2.05, 4.69) is 4.98 Å². The molecule has 1 heterocycles. The summed E-state index contributed by atoms with van der Waals surface area (Å²) in [7, 11) is 0. The molecule has 3 nitrogen and oxygen atoms in total. The van der Waals surface area contributed by atoms with Crippen molar-refractivity contribution in [3.05, 3.63) is 76.5 Å². The molecule has 0 unspecified atom stereocenters. The van der Waals surface area contributed by atoms with Gasteiger partial charge in [0.05, 0.1) is 0 Å². The van der Waals surface area contributed by atoms with E-state index in [0.717, 1.165) is 16.5 Å². The number of nitrogens with one attached hydrogen (secondary N) is 1. The highest BCUT2D eigenvalue weighted by Gasteiger charge is 2.27. The fourth-order valence-corrected chi connectivity index (χ4v) is 3.01. The lowest BCUT2D eigenvalue weighted by molar-refractivity contribution is 0.100. The number of hydrogen-bond acceptors (Lipinski definition) is 2. The molecule has 0 amide bonds. The Morgan fingerprint density at radius 1 is 0.909 bits per heavy atom. The molecule has 3 aromatic rings. The van der Waals surface area contributed by atoms with E-state index in [1.165, 1.54) is 6.08 Å². The number of carbonyl (C=O) groups excluding carboxylic acids is 2. The molecule has 22 heavy (non-hydrogen) atoms. The predicted octanol–water partition coefficient (Wildman–Crippen LogP) is 4.28. The Hall–Kier alpha value is -2.65. The minimum absolute atomic E-state index is 0.133. The summed E-state index contributed by atoms with van der Waals surface area (Å²) in [4.78, 5) is 28.1. The second-order valence-electron chi connectivity index (χ2n) is 5.19. The number of ketones is 2. The van der Waals surface area contributed by atoms with E-state index in [1.54, 1.807) is 42.6 Å². The van der Waals surface area contributed by atoms with E-state index in [4.69, 9.17) is 11.6 Å². The Bertz CT molecular complexity index is 982. The largest absolute Gasteiger partial charge is 0.360 e. The number of fused-ring (bicyclic) bond motifs is 2. The summed E-state index contributed by atoms with van der Waals surface area (Å²) < 4.78 is 0. The van der Waals surface area contributed by atoms with Gasteiger partial charge in [-0.2, -0.15) is 0 Å². The van der Waals surface area contributed by atoms with Crippen LogP contribution in [0.3, 0.4) is 0 Å². The maximum Gasteiger partial charge on any atom is 0.194 e. The number of aromatic amines is 1. The van der Waals surface area contributed by atoms with Crippen LogP contribution in [0.2, 0.25) is 5.02 Å². The minimum Gasteiger partial charge on any atom is -0.360 e. The van der Waals surface area contributed by atoms with Crippen LogP contribution in [0.1, 0.15) is 26.3 Å². The zero-order chi connectivity index (χ0) is 15.3. The van der Waals surface area contributed by atoms with Gasteiger partial charge in [-0.1, -0.05) is 41.9 Å². The van der Waals surface area contributed by atoms with Crippen molar-refractivity contribution in [1.29, 1.82) is 0 Å². The van der Waals surface area contributed by atoms with E-state index >= 15 is 0 Å². The standard InChI is InChI=1S/C18H10ClNO2/c19-10-5-6-11-15(9-20-16(11)7-10)14-8-17(21)12-3-1-2-4-13(12)18(14)22/h1-9,20H. The lowest BCUT2D eigenvalue weighted by atomic mass is 9.86. The molecule has 0 atom stereocenters. The van der Waals surface area contributed by atoms with Crippen LogP contribution in [0.15, 0.2) is 54.7 Å². The fourth-order valence-electron chi connectivity index (χ4n) is 2.84. The van der Waals surface area contributed by atoms with Crippen molar-refractivity contribution >= 4 is 39.6 Å². The van der Waals surface area contributed by atoms with Gasteiger partial charge in [0.15, 0.2) is 11.6 Å². The Labute approximate surface area is 131 Å². The number of allylic oxidation sites excluding steroid dienone is 2. The maximum atomic E-state index is 12.7. The molecular formula is C18H10ClNO2. The lowest BCUT2D eigenvalue weighted by Crippen LogP contribution is -2.15. The average Bonchev–Trinajstić information content (AvgIpc) is 2.93. The predicted molar refractivity (Wildman–Crippen MR) is 86.4 cm³/mol. The molecule has 1 N–H and O–H groups in total. The monoisotopic (exact) mass is 307 g/mol. The second-order valence-corrected chi connectivity index (χ2v) is 5.63. The Morgan fingerprint density at radius 3 is 2.50 bits per heavy atom. The van der Waals surface area contributed by atoms with Crippen molar-refractivity contribution in [2.24, 2.45) is 0 Å². The quantitative estimate of drug-likeness (QED) is 0.729. The van der Waals surface area contributed by atoms with Crippen molar-refractivity contribution in [2.75, 3.05) is 0 Å². The van der Waals surface area contributed by atoms with Gasteiger partial charge in [0.25, 0.3) is 0 Å². The summed E-state index contributed by atoms with van der Waals surface area (Å²) in [5.74, 6) is -0.278. The Morgan fingerprint density at radius 2 is 1.68 bits per heavy atom. The SMILES string of the molecule is O=C1C=C(c2c[nH]c3cc(Cl)ccc23)C(=O)c2ccccc21. The number of Topliss-reactive ketones (excluding diaryl/α,β-unsaturated/α-hetero) is 1. The maximum absolute atomic E-state index is 12.7. The molecule has 1 aromatic heterocycles. The molecule has 0 spiro atoms. The van der Waals surface area contributed by atoms with Crippen molar-refractivity contribution < 1.29 is 9.59 Å². The third-order valence-corrected chi connectivity index (χ3v) is 4.13. The van der Waals surface area contributed by atoms with Crippen molar-refractivity contribution in [3.8, 4) is 0 Å². The number of hydrogen-bond donors (Lipinski definition) is 1. The van der Waals surface area contributed by atoms with Gasteiger partial charge >= 0.3 is 0 Å². The Kier molecular flexibility index (Phi) is 2.78. The summed E-state index contributed by atoms with van der Waals surface area (Å²) in [6.45, 7) is 0. The second kappa shape index (κ2) is 4.68. The number of benzene rings is 2. The van der Waals surface area contributed by atoms with E-state index in [0.29, 0.717) is 21.7 Å². The van der Waals surface area contributed by atoms with Crippen LogP contribution < -0.4 is 0 Å². The number of carbonyl (C=O) groups is 2. The van der Waals surface area contributed by atoms with Gasteiger partial charge in [-0.25, -0.2) is 0 Å². The molecule has 1 aliphatic rings. The number of aromatic nitrogens is 1. The highest BCUT2D eigenvalue weighted by molar-refractivity contribution is 6.40. The molecule has 0 saturated heterocycles. The molecule has 4 rings (SSSR count). The molecular weight excluding hydrogens is 298 g/mol. The van der Waals surface area contributed by atoms with Crippen LogP contribution in [0.5, 0.6) is 0 Å². The van der Waals surface area contributed by atoms with E-state index < -0.39 is 0 Å². The van der Waals surface area contributed by atoms with Crippen LogP contribution >= 0.6 is 11.6 Å². The van der Waals surface area contributed by atoms with E-state index in [1.807, 2.05) is 6.07 Å². The summed E-state index contributed by atoms with van der Waals surface area (Å²) >= 11 is 5.98. The third kappa shape index (κ3) is 1.83. The van der Waals surface area contributed by atoms with Crippen LogP contribution in [0.4, 0.5) is 0 Å². The zero-order valence-electron chi connectivity index (χ0n) is 11.4. The smallest absolute Gasteiger partial charge is 0.194 e. The van der Waals surface area contributed by atoms with Gasteiger partial charge in [0.1, 0.15) is 0 Å².